The summed E-state index contributed by atoms with van der Waals surface area (Å²) in [7, 11) is 1.28. The van der Waals surface area contributed by atoms with Crippen LogP contribution in [0.5, 0.6) is 0 Å². The number of rotatable bonds is 5. The van der Waals surface area contributed by atoms with E-state index in [1.165, 1.54) is 13.2 Å². The number of methoxy groups -OCH3 is 1. The van der Waals surface area contributed by atoms with E-state index in [9.17, 15) is 18.0 Å². The quantitative estimate of drug-likeness (QED) is 0.450. The van der Waals surface area contributed by atoms with Crippen LogP contribution in [0, 0.1) is 6.57 Å². The van der Waals surface area contributed by atoms with E-state index in [4.69, 9.17) is 11.3 Å². The fraction of sp³-hybridized carbons (Fsp3) is 0.304. The van der Waals surface area contributed by atoms with Crippen LogP contribution in [0.4, 0.5) is 24.7 Å². The summed E-state index contributed by atoms with van der Waals surface area (Å²) in [6.07, 6.45) is -1.99. The van der Waals surface area contributed by atoms with Gasteiger partial charge in [-0.25, -0.2) is 14.6 Å². The topological polar surface area (TPSA) is 78.7 Å². The van der Waals surface area contributed by atoms with Gasteiger partial charge in [-0.2, -0.15) is 18.3 Å². The van der Waals surface area contributed by atoms with Gasteiger partial charge in [-0.3, -0.25) is 10.00 Å². The smallest absolute Gasteiger partial charge is 0.417 e. The summed E-state index contributed by atoms with van der Waals surface area (Å²) >= 11 is 0. The van der Waals surface area contributed by atoms with Crippen LogP contribution in [-0.4, -0.2) is 58.8 Å². The molecule has 1 atom stereocenters. The molecular weight excluding hydrogens is 449 g/mol. The van der Waals surface area contributed by atoms with Crippen LogP contribution in [0.2, 0.25) is 0 Å². The normalized spacial score (nSPS) is 16.8. The Bertz CT molecular complexity index is 1190. The molecule has 0 spiro atoms. The Morgan fingerprint density at radius 2 is 1.97 bits per heavy atom. The number of halogens is 3. The molecule has 1 saturated heterocycles. The van der Waals surface area contributed by atoms with Gasteiger partial charge in [-0.1, -0.05) is 24.3 Å². The van der Waals surface area contributed by atoms with E-state index >= 15 is 0 Å². The molecule has 0 radical (unpaired) electrons. The van der Waals surface area contributed by atoms with Gasteiger partial charge in [0.15, 0.2) is 5.69 Å². The summed E-state index contributed by atoms with van der Waals surface area (Å²) < 4.78 is 43.6. The number of hydrogen-bond donors (Lipinski definition) is 1. The maximum absolute atomic E-state index is 12.9. The standard InChI is InChI=1S/C23H21F3N6O2/c1-27-18-6-3-15(4-7-18)21-16(11-29-30-21)13-31-9-10-32(19(14-31)22(33)34-2)20-8-5-17(12-28-20)23(24,25)26/h3-8,11-12,19H,9-10,13-14H2,2H3,(H,29,30)/t19-/m0/s1. The number of nitrogens with one attached hydrogen (secondary N) is 1. The van der Waals surface area contributed by atoms with E-state index < -0.39 is 23.8 Å². The maximum Gasteiger partial charge on any atom is 0.417 e. The Hall–Kier alpha value is -3.91. The number of esters is 1. The van der Waals surface area contributed by atoms with Gasteiger partial charge in [0, 0.05) is 37.9 Å². The lowest BCUT2D eigenvalue weighted by molar-refractivity contribution is -0.143. The highest BCUT2D eigenvalue weighted by molar-refractivity contribution is 5.80. The predicted molar refractivity (Wildman–Crippen MR) is 118 cm³/mol. The third-order valence-electron chi connectivity index (χ3n) is 5.70. The third kappa shape index (κ3) is 4.87. The predicted octanol–water partition coefficient (Wildman–Crippen LogP) is 3.91. The fourth-order valence-corrected chi connectivity index (χ4v) is 3.94. The molecule has 1 aliphatic rings. The summed E-state index contributed by atoms with van der Waals surface area (Å²) in [5, 5.41) is 7.14. The zero-order valence-electron chi connectivity index (χ0n) is 18.2. The highest BCUT2D eigenvalue weighted by Crippen LogP contribution is 2.31. The van der Waals surface area contributed by atoms with Gasteiger partial charge in [0.25, 0.3) is 0 Å². The lowest BCUT2D eigenvalue weighted by Gasteiger charge is -2.40. The first-order valence-electron chi connectivity index (χ1n) is 10.4. The summed E-state index contributed by atoms with van der Waals surface area (Å²) in [6, 6.07) is 8.66. The van der Waals surface area contributed by atoms with Gasteiger partial charge >= 0.3 is 12.1 Å². The summed E-state index contributed by atoms with van der Waals surface area (Å²) in [6.45, 7) is 8.82. The van der Waals surface area contributed by atoms with E-state index in [2.05, 4.69) is 24.9 Å². The number of benzene rings is 1. The molecule has 1 aliphatic heterocycles. The van der Waals surface area contributed by atoms with Crippen molar-refractivity contribution < 1.29 is 22.7 Å². The van der Waals surface area contributed by atoms with Crippen molar-refractivity contribution in [1.82, 2.24) is 20.1 Å². The number of carbonyl (C=O) groups is 1. The number of aromatic nitrogens is 3. The minimum absolute atomic E-state index is 0.284. The molecule has 0 amide bonds. The number of carbonyl (C=O) groups excluding carboxylic acids is 1. The molecule has 0 saturated carbocycles. The molecule has 0 bridgehead atoms. The Morgan fingerprint density at radius 1 is 1.21 bits per heavy atom. The van der Waals surface area contributed by atoms with Gasteiger partial charge in [0.05, 0.1) is 31.1 Å². The summed E-state index contributed by atoms with van der Waals surface area (Å²) in [4.78, 5) is 23.6. The molecular formula is C23H21F3N6O2. The summed E-state index contributed by atoms with van der Waals surface area (Å²) in [5.74, 6) is -0.208. The molecule has 4 rings (SSSR count). The van der Waals surface area contributed by atoms with Gasteiger partial charge in [-0.05, 0) is 17.7 Å². The number of anilines is 1. The Labute approximate surface area is 193 Å². The molecule has 0 unspecified atom stereocenters. The number of pyridine rings is 1. The van der Waals surface area contributed by atoms with Crippen LogP contribution >= 0.6 is 0 Å². The Kier molecular flexibility index (Phi) is 6.51. The van der Waals surface area contributed by atoms with Crippen molar-refractivity contribution in [3.05, 3.63) is 71.3 Å². The first-order valence-corrected chi connectivity index (χ1v) is 10.4. The molecule has 1 aromatic carbocycles. The molecule has 3 heterocycles. The second-order valence-electron chi connectivity index (χ2n) is 7.80. The molecule has 11 heteroatoms. The zero-order valence-corrected chi connectivity index (χ0v) is 18.2. The minimum Gasteiger partial charge on any atom is -0.467 e. The fourth-order valence-electron chi connectivity index (χ4n) is 3.94. The lowest BCUT2D eigenvalue weighted by Crippen LogP contribution is -2.57. The van der Waals surface area contributed by atoms with Crippen molar-refractivity contribution in [2.45, 2.75) is 18.8 Å². The average molecular weight is 470 g/mol. The Balaban J connectivity index is 1.51. The zero-order chi connectivity index (χ0) is 24.3. The molecule has 1 N–H and O–H groups in total. The number of hydrogen-bond acceptors (Lipinski definition) is 6. The molecule has 8 nitrogen and oxygen atoms in total. The molecule has 3 aromatic rings. The highest BCUT2D eigenvalue weighted by atomic mass is 19.4. The van der Waals surface area contributed by atoms with Crippen LogP contribution in [0.25, 0.3) is 16.1 Å². The van der Waals surface area contributed by atoms with Gasteiger partial charge in [-0.15, -0.1) is 0 Å². The Morgan fingerprint density at radius 3 is 2.59 bits per heavy atom. The molecule has 176 valence electrons. The second kappa shape index (κ2) is 9.52. The number of alkyl halides is 3. The maximum atomic E-state index is 12.9. The first kappa shape index (κ1) is 23.3. The SMILES string of the molecule is [C-]#[N+]c1ccc(-c2[nH]ncc2CN2CCN(c3ccc(C(F)(F)F)cn3)[C@H](C(=O)OC)C2)cc1. The van der Waals surface area contributed by atoms with E-state index in [1.807, 2.05) is 12.1 Å². The highest BCUT2D eigenvalue weighted by Gasteiger charge is 2.35. The number of ether oxygens (including phenoxy) is 1. The number of piperazine rings is 1. The molecule has 1 fully saturated rings. The monoisotopic (exact) mass is 470 g/mol. The minimum atomic E-state index is -4.48. The van der Waals surface area contributed by atoms with E-state index in [0.29, 0.717) is 31.9 Å². The first-order chi connectivity index (χ1) is 16.3. The third-order valence-corrected chi connectivity index (χ3v) is 5.70. The summed E-state index contributed by atoms with van der Waals surface area (Å²) in [5.41, 5.74) is 2.32. The number of aromatic amines is 1. The second-order valence-corrected chi connectivity index (χ2v) is 7.80. The van der Waals surface area contributed by atoms with Crippen LogP contribution in [0.1, 0.15) is 11.1 Å². The molecule has 34 heavy (non-hydrogen) atoms. The van der Waals surface area contributed by atoms with Crippen molar-refractivity contribution in [2.24, 2.45) is 0 Å². The van der Waals surface area contributed by atoms with Crippen molar-refractivity contribution >= 4 is 17.5 Å². The van der Waals surface area contributed by atoms with Crippen LogP contribution in [-0.2, 0) is 22.3 Å². The average Bonchev–Trinajstić information content (AvgIpc) is 3.31. The van der Waals surface area contributed by atoms with Crippen LogP contribution in [0.3, 0.4) is 0 Å². The van der Waals surface area contributed by atoms with Gasteiger partial charge in [0.1, 0.15) is 11.9 Å². The van der Waals surface area contributed by atoms with E-state index in [-0.39, 0.29) is 5.82 Å². The largest absolute Gasteiger partial charge is 0.467 e. The number of nitrogens with zero attached hydrogens (tertiary/aromatic N) is 5. The number of H-pyrrole nitrogens is 1. The van der Waals surface area contributed by atoms with E-state index in [1.54, 1.807) is 23.2 Å². The van der Waals surface area contributed by atoms with Crippen molar-refractivity contribution in [3.8, 4) is 11.3 Å². The van der Waals surface area contributed by atoms with Gasteiger partial charge < -0.3 is 9.64 Å². The van der Waals surface area contributed by atoms with Crippen LogP contribution < -0.4 is 4.90 Å². The van der Waals surface area contributed by atoms with Crippen LogP contribution in [0.15, 0.2) is 48.8 Å². The van der Waals surface area contributed by atoms with Gasteiger partial charge in [0.2, 0.25) is 0 Å². The van der Waals surface area contributed by atoms with E-state index in [0.717, 1.165) is 29.1 Å². The van der Waals surface area contributed by atoms with Crippen molar-refractivity contribution in [1.29, 1.82) is 0 Å². The molecule has 2 aromatic heterocycles. The lowest BCUT2D eigenvalue weighted by atomic mass is 10.1. The van der Waals surface area contributed by atoms with Crippen molar-refractivity contribution in [3.63, 3.8) is 0 Å². The molecule has 0 aliphatic carbocycles. The van der Waals surface area contributed by atoms with Crippen molar-refractivity contribution in [2.75, 3.05) is 31.6 Å².